The van der Waals surface area contributed by atoms with E-state index in [1.807, 2.05) is 79.6 Å². The summed E-state index contributed by atoms with van der Waals surface area (Å²) >= 11 is 0. The molecule has 1 aliphatic carbocycles. The maximum Gasteiger partial charge on any atom is 0.252 e. The standard InChI is InChI=1S/C38H46N4O3.C2H6.H3N/c1-27(43)30-19-21-41(22-20-30)37(45)32-10-8-9-28(13-14-32)25-42(34-11-6-5-7-12-34)26-29-23-35(39-24-29)40-36(44)31-15-17-33(18-16-31)38(2,3)4;1-2;/h5-13,15-18,24,30,35,39H,14,19-23,25-26H2,1-4H3,(H,40,44);1-2H3;1H3. The predicted molar refractivity (Wildman–Crippen MR) is 197 cm³/mol. The number of hydrogen-bond acceptors (Lipinski definition) is 6. The molecule has 0 saturated carbocycles. The fourth-order valence-corrected chi connectivity index (χ4v) is 6.14. The second kappa shape index (κ2) is 17.6. The summed E-state index contributed by atoms with van der Waals surface area (Å²) in [6.45, 7) is 14.8. The molecule has 0 spiro atoms. The number of ketones is 1. The number of carbonyl (C=O) groups is 3. The quantitative estimate of drug-likeness (QED) is 0.263. The summed E-state index contributed by atoms with van der Waals surface area (Å²) in [5.74, 6) is 0.285. The van der Waals surface area contributed by atoms with Crippen molar-refractivity contribution in [3.8, 4) is 0 Å². The summed E-state index contributed by atoms with van der Waals surface area (Å²) in [5, 5.41) is 6.49. The lowest BCUT2D eigenvalue weighted by molar-refractivity contribution is -0.131. The highest BCUT2D eigenvalue weighted by molar-refractivity contribution is 5.95. The number of para-hydroxylation sites is 1. The van der Waals surface area contributed by atoms with Gasteiger partial charge in [0.25, 0.3) is 5.91 Å². The van der Waals surface area contributed by atoms with Crippen molar-refractivity contribution in [3.63, 3.8) is 0 Å². The van der Waals surface area contributed by atoms with Gasteiger partial charge in [0, 0.05) is 55.3 Å². The molecule has 1 unspecified atom stereocenters. The molecule has 1 fully saturated rings. The molecule has 48 heavy (non-hydrogen) atoms. The van der Waals surface area contributed by atoms with Gasteiger partial charge in [-0.3, -0.25) is 14.4 Å². The molecule has 2 aromatic rings. The fraction of sp³-hybridized carbons (Fsp3) is 0.425. The van der Waals surface area contributed by atoms with E-state index in [2.05, 4.69) is 60.6 Å². The Balaban J connectivity index is 0.00000204. The van der Waals surface area contributed by atoms with Crippen LogP contribution < -0.4 is 21.7 Å². The van der Waals surface area contributed by atoms with E-state index in [1.54, 1.807) is 6.92 Å². The second-order valence-electron chi connectivity index (χ2n) is 13.4. The van der Waals surface area contributed by atoms with Crippen LogP contribution in [-0.4, -0.2) is 54.8 Å². The van der Waals surface area contributed by atoms with E-state index in [1.165, 1.54) is 11.1 Å². The first-order chi connectivity index (χ1) is 22.6. The molecule has 1 saturated heterocycles. The number of allylic oxidation sites excluding steroid dienone is 3. The Bertz CT molecular complexity index is 1510. The summed E-state index contributed by atoms with van der Waals surface area (Å²) in [4.78, 5) is 42.2. The highest BCUT2D eigenvalue weighted by Gasteiger charge is 2.27. The number of rotatable bonds is 9. The van der Waals surface area contributed by atoms with Gasteiger partial charge in [0.05, 0.1) is 0 Å². The third-order valence-corrected chi connectivity index (χ3v) is 8.99. The first-order valence-electron chi connectivity index (χ1n) is 17.1. The molecule has 8 nitrogen and oxygen atoms in total. The van der Waals surface area contributed by atoms with Crippen molar-refractivity contribution in [3.05, 3.63) is 113 Å². The van der Waals surface area contributed by atoms with E-state index in [4.69, 9.17) is 0 Å². The number of Topliss-reactive ketones (excluding diaryl/α,β-unsaturated/α-hetero) is 1. The van der Waals surface area contributed by atoms with Crippen LogP contribution in [-0.2, 0) is 15.0 Å². The lowest BCUT2D eigenvalue weighted by atomic mass is 9.87. The minimum absolute atomic E-state index is 0. The molecule has 0 aromatic heterocycles. The lowest BCUT2D eigenvalue weighted by Gasteiger charge is -2.31. The number of hydrogen-bond donors (Lipinski definition) is 3. The highest BCUT2D eigenvalue weighted by atomic mass is 16.2. The molecule has 0 radical (unpaired) electrons. The Kier molecular flexibility index (Phi) is 14.0. The maximum absolute atomic E-state index is 13.3. The van der Waals surface area contributed by atoms with Crippen molar-refractivity contribution in [1.29, 1.82) is 0 Å². The van der Waals surface area contributed by atoms with Crippen LogP contribution in [0.3, 0.4) is 0 Å². The first kappa shape index (κ1) is 38.0. The minimum atomic E-state index is -0.164. The van der Waals surface area contributed by atoms with Gasteiger partial charge in [0.15, 0.2) is 0 Å². The van der Waals surface area contributed by atoms with Crippen LogP contribution in [0.4, 0.5) is 5.69 Å². The topological polar surface area (TPSA) is 117 Å². The van der Waals surface area contributed by atoms with E-state index in [0.29, 0.717) is 44.6 Å². The van der Waals surface area contributed by atoms with E-state index >= 15 is 0 Å². The van der Waals surface area contributed by atoms with Gasteiger partial charge >= 0.3 is 0 Å². The molecule has 0 bridgehead atoms. The second-order valence-corrected chi connectivity index (χ2v) is 13.4. The van der Waals surface area contributed by atoms with Gasteiger partial charge in [-0.2, -0.15) is 0 Å². The normalized spacial score (nSPS) is 17.7. The van der Waals surface area contributed by atoms with E-state index in [0.717, 1.165) is 29.7 Å². The van der Waals surface area contributed by atoms with Gasteiger partial charge in [-0.05, 0) is 78.8 Å². The van der Waals surface area contributed by atoms with Crippen LogP contribution in [0.2, 0.25) is 0 Å². The Morgan fingerprint density at radius 3 is 2.25 bits per heavy atom. The van der Waals surface area contributed by atoms with Gasteiger partial charge in [-0.25, -0.2) is 0 Å². The van der Waals surface area contributed by atoms with Crippen molar-refractivity contribution in [2.45, 2.75) is 78.8 Å². The first-order valence-corrected chi connectivity index (χ1v) is 17.1. The van der Waals surface area contributed by atoms with Crippen molar-refractivity contribution < 1.29 is 14.4 Å². The van der Waals surface area contributed by atoms with Gasteiger partial charge in [0.2, 0.25) is 5.91 Å². The molecule has 8 heteroatoms. The van der Waals surface area contributed by atoms with Gasteiger partial charge < -0.3 is 26.6 Å². The summed E-state index contributed by atoms with van der Waals surface area (Å²) < 4.78 is 0. The maximum atomic E-state index is 13.3. The molecule has 5 N–H and O–H groups in total. The zero-order valence-electron chi connectivity index (χ0n) is 29.7. The summed E-state index contributed by atoms with van der Waals surface area (Å²) in [5.41, 5.74) is 6.13. The van der Waals surface area contributed by atoms with Crippen LogP contribution in [0, 0.1) is 5.92 Å². The predicted octanol–water partition coefficient (Wildman–Crippen LogP) is 7.25. The Morgan fingerprint density at radius 2 is 1.62 bits per heavy atom. The average Bonchev–Trinajstić information content (AvgIpc) is 3.38. The summed E-state index contributed by atoms with van der Waals surface area (Å²) in [6.07, 6.45) is 12.8. The number of amides is 2. The average molecular weight is 654 g/mol. The Morgan fingerprint density at radius 1 is 0.958 bits per heavy atom. The molecule has 258 valence electrons. The molecule has 3 aliphatic rings. The van der Waals surface area contributed by atoms with Crippen molar-refractivity contribution in [2.75, 3.05) is 31.1 Å². The van der Waals surface area contributed by atoms with Crippen LogP contribution >= 0.6 is 0 Å². The lowest BCUT2D eigenvalue weighted by Crippen LogP contribution is -2.41. The number of nitrogens with one attached hydrogen (secondary N) is 2. The summed E-state index contributed by atoms with van der Waals surface area (Å²) in [7, 11) is 0. The molecule has 2 aromatic carbocycles. The third kappa shape index (κ3) is 10.3. The van der Waals surface area contributed by atoms with Gasteiger partial charge in [-0.15, -0.1) is 0 Å². The van der Waals surface area contributed by atoms with Crippen LogP contribution in [0.5, 0.6) is 0 Å². The van der Waals surface area contributed by atoms with E-state index in [9.17, 15) is 14.4 Å². The van der Waals surface area contributed by atoms with Crippen LogP contribution in [0.25, 0.3) is 0 Å². The molecular weight excluding hydrogens is 598 g/mol. The molecule has 2 heterocycles. The Hall–Kier alpha value is -4.43. The molecule has 2 aliphatic heterocycles. The number of likely N-dealkylation sites (tertiary alicyclic amines) is 1. The molecular formula is C40H55N5O3. The van der Waals surface area contributed by atoms with Crippen molar-refractivity contribution in [2.24, 2.45) is 5.92 Å². The molecule has 2 amide bonds. The number of nitrogens with zero attached hydrogens (tertiary/aromatic N) is 2. The minimum Gasteiger partial charge on any atom is -0.371 e. The number of anilines is 1. The third-order valence-electron chi connectivity index (χ3n) is 8.99. The largest absolute Gasteiger partial charge is 0.371 e. The number of benzene rings is 2. The van der Waals surface area contributed by atoms with Gasteiger partial charge in [-0.1, -0.05) is 89.3 Å². The SMILES string of the molecule is CC.CC(=O)C1CCN(C(=O)C2=CC=CC(CN(CC3=CNC(NC(=O)c4ccc(C(C)(C)C)cc4)C3)c3ccccc3)=CC2)CC1.N. The van der Waals surface area contributed by atoms with Crippen molar-refractivity contribution >= 4 is 23.3 Å². The zero-order valence-corrected chi connectivity index (χ0v) is 29.7. The smallest absolute Gasteiger partial charge is 0.252 e. The molecule has 5 rings (SSSR count). The van der Waals surface area contributed by atoms with Gasteiger partial charge in [0.1, 0.15) is 11.9 Å². The number of carbonyl (C=O) groups excluding carboxylic acids is 3. The fourth-order valence-electron chi connectivity index (χ4n) is 6.14. The highest BCUT2D eigenvalue weighted by Crippen LogP contribution is 2.25. The molecule has 1 atom stereocenters. The number of piperidine rings is 1. The summed E-state index contributed by atoms with van der Waals surface area (Å²) in [6, 6.07) is 18.2. The van der Waals surface area contributed by atoms with E-state index in [-0.39, 0.29) is 41.2 Å². The zero-order chi connectivity index (χ0) is 34.0. The van der Waals surface area contributed by atoms with E-state index < -0.39 is 0 Å². The monoisotopic (exact) mass is 653 g/mol. The Labute approximate surface area is 287 Å². The van der Waals surface area contributed by atoms with Crippen LogP contribution in [0.15, 0.2) is 102 Å². The van der Waals surface area contributed by atoms with Crippen molar-refractivity contribution in [1.82, 2.24) is 21.7 Å². The van der Waals surface area contributed by atoms with Crippen LogP contribution in [0.1, 0.15) is 83.1 Å².